The molecule has 0 saturated carbocycles. The van der Waals surface area contributed by atoms with Crippen LogP contribution >= 0.6 is 11.3 Å². The first-order valence-corrected chi connectivity index (χ1v) is 7.83. The molecule has 110 valence electrons. The molecule has 2 amide bonds. The highest BCUT2D eigenvalue weighted by molar-refractivity contribution is 7.14. The summed E-state index contributed by atoms with van der Waals surface area (Å²) in [4.78, 5) is 25.4. The number of hydrogen-bond donors (Lipinski definition) is 2. The first-order chi connectivity index (χ1) is 9.56. The lowest BCUT2D eigenvalue weighted by molar-refractivity contribution is -0.116. The summed E-state index contributed by atoms with van der Waals surface area (Å²) in [6.45, 7) is 5.16. The zero-order valence-electron chi connectivity index (χ0n) is 11.7. The number of rotatable bonds is 5. The number of hydrogen-bond acceptors (Lipinski definition) is 4. The molecule has 1 atom stereocenters. The molecule has 0 aromatic carbocycles. The van der Waals surface area contributed by atoms with Crippen molar-refractivity contribution < 1.29 is 9.59 Å². The topological polar surface area (TPSA) is 75.4 Å². The van der Waals surface area contributed by atoms with Crippen molar-refractivity contribution in [3.05, 3.63) is 17.0 Å². The first kappa shape index (κ1) is 15.0. The largest absolute Gasteiger partial charge is 0.366 e. The molecule has 0 bridgehead atoms. The fourth-order valence-electron chi connectivity index (χ4n) is 2.54. The standard InChI is InChI=1S/C14H21N3O2S/c1-10-3-2-6-17(9-10)7-4-12(18)16-14-11(13(15)19)5-8-20-14/h5,8,10H,2-4,6-7,9H2,1H3,(H2,15,19)(H,16,18). The molecule has 6 heteroatoms. The van der Waals surface area contributed by atoms with Crippen molar-refractivity contribution in [2.24, 2.45) is 11.7 Å². The highest BCUT2D eigenvalue weighted by atomic mass is 32.1. The number of carbonyl (C=O) groups is 2. The molecule has 1 unspecified atom stereocenters. The molecule has 1 fully saturated rings. The summed E-state index contributed by atoms with van der Waals surface area (Å²) < 4.78 is 0. The average molecular weight is 295 g/mol. The molecule has 1 aromatic heterocycles. The summed E-state index contributed by atoms with van der Waals surface area (Å²) in [5.41, 5.74) is 5.63. The number of likely N-dealkylation sites (tertiary alicyclic amines) is 1. The molecule has 3 N–H and O–H groups in total. The SMILES string of the molecule is CC1CCCN(CCC(=O)Nc2sccc2C(N)=O)C1. The zero-order valence-corrected chi connectivity index (χ0v) is 12.5. The molecule has 0 spiro atoms. The third kappa shape index (κ3) is 4.05. The lowest BCUT2D eigenvalue weighted by atomic mass is 10.0. The summed E-state index contributed by atoms with van der Waals surface area (Å²) in [5, 5.41) is 5.08. The van der Waals surface area contributed by atoms with E-state index in [1.165, 1.54) is 24.2 Å². The van der Waals surface area contributed by atoms with Crippen LogP contribution in [0.2, 0.25) is 0 Å². The van der Waals surface area contributed by atoms with Gasteiger partial charge in [0.1, 0.15) is 5.00 Å². The van der Waals surface area contributed by atoms with E-state index in [0.29, 0.717) is 22.9 Å². The van der Waals surface area contributed by atoms with E-state index < -0.39 is 5.91 Å². The Morgan fingerprint density at radius 2 is 2.35 bits per heavy atom. The molecule has 0 radical (unpaired) electrons. The number of primary amides is 1. The average Bonchev–Trinajstić information content (AvgIpc) is 2.85. The number of amides is 2. The first-order valence-electron chi connectivity index (χ1n) is 6.95. The van der Waals surface area contributed by atoms with Crippen LogP contribution in [0.1, 0.15) is 36.5 Å². The predicted molar refractivity (Wildman–Crippen MR) is 80.9 cm³/mol. The van der Waals surface area contributed by atoms with Gasteiger partial charge in [-0.2, -0.15) is 0 Å². The second-order valence-corrected chi connectivity index (χ2v) is 6.29. The van der Waals surface area contributed by atoms with E-state index >= 15 is 0 Å². The number of piperidine rings is 1. The smallest absolute Gasteiger partial charge is 0.251 e. The third-order valence-electron chi connectivity index (χ3n) is 3.58. The number of nitrogens with two attached hydrogens (primary N) is 1. The van der Waals surface area contributed by atoms with Crippen LogP contribution in [0.3, 0.4) is 0 Å². The quantitative estimate of drug-likeness (QED) is 0.871. The molecule has 20 heavy (non-hydrogen) atoms. The van der Waals surface area contributed by atoms with Gasteiger partial charge in [0, 0.05) is 19.5 Å². The van der Waals surface area contributed by atoms with Gasteiger partial charge in [-0.25, -0.2) is 0 Å². The molecule has 2 heterocycles. The van der Waals surface area contributed by atoms with Gasteiger partial charge in [-0.15, -0.1) is 11.3 Å². The van der Waals surface area contributed by atoms with Crippen molar-refractivity contribution in [3.8, 4) is 0 Å². The Kier molecular flexibility index (Phi) is 5.14. The minimum Gasteiger partial charge on any atom is -0.366 e. The van der Waals surface area contributed by atoms with Crippen molar-refractivity contribution in [2.45, 2.75) is 26.2 Å². The highest BCUT2D eigenvalue weighted by Gasteiger charge is 2.17. The molecular formula is C14H21N3O2S. The Hall–Kier alpha value is -1.40. The Balaban J connectivity index is 1.80. The van der Waals surface area contributed by atoms with Gasteiger partial charge < -0.3 is 16.0 Å². The number of carbonyl (C=O) groups excluding carboxylic acids is 2. The number of nitrogens with zero attached hydrogens (tertiary/aromatic N) is 1. The van der Waals surface area contributed by atoms with Crippen LogP contribution in [-0.4, -0.2) is 36.3 Å². The monoisotopic (exact) mass is 295 g/mol. The zero-order chi connectivity index (χ0) is 14.5. The summed E-state index contributed by atoms with van der Waals surface area (Å²) in [6, 6.07) is 1.63. The van der Waals surface area contributed by atoms with Crippen molar-refractivity contribution in [3.63, 3.8) is 0 Å². The van der Waals surface area contributed by atoms with Crippen LogP contribution in [0.4, 0.5) is 5.00 Å². The maximum Gasteiger partial charge on any atom is 0.251 e. The van der Waals surface area contributed by atoms with Crippen molar-refractivity contribution in [1.82, 2.24) is 4.90 Å². The molecule has 1 aliphatic heterocycles. The Labute approximate surface area is 123 Å². The van der Waals surface area contributed by atoms with E-state index in [-0.39, 0.29) is 5.91 Å². The minimum absolute atomic E-state index is 0.0619. The van der Waals surface area contributed by atoms with Gasteiger partial charge in [-0.05, 0) is 36.8 Å². The second kappa shape index (κ2) is 6.85. The van der Waals surface area contributed by atoms with E-state index in [9.17, 15) is 9.59 Å². The van der Waals surface area contributed by atoms with Crippen LogP contribution in [0, 0.1) is 5.92 Å². The maximum atomic E-state index is 11.9. The normalized spacial score (nSPS) is 19.8. The maximum absolute atomic E-state index is 11.9. The van der Waals surface area contributed by atoms with E-state index in [4.69, 9.17) is 5.73 Å². The van der Waals surface area contributed by atoms with Crippen LogP contribution in [0.25, 0.3) is 0 Å². The van der Waals surface area contributed by atoms with Gasteiger partial charge in [-0.1, -0.05) is 6.92 Å². The molecule has 1 aliphatic rings. The van der Waals surface area contributed by atoms with E-state index in [2.05, 4.69) is 17.1 Å². The summed E-state index contributed by atoms with van der Waals surface area (Å²) >= 11 is 1.32. The predicted octanol–water partition coefficient (Wildman–Crippen LogP) is 1.91. The van der Waals surface area contributed by atoms with Crippen LogP contribution in [0.5, 0.6) is 0 Å². The van der Waals surface area contributed by atoms with Gasteiger partial charge in [0.25, 0.3) is 5.91 Å². The van der Waals surface area contributed by atoms with E-state index in [1.807, 2.05) is 0 Å². The van der Waals surface area contributed by atoms with Crippen LogP contribution < -0.4 is 11.1 Å². The lowest BCUT2D eigenvalue weighted by Crippen LogP contribution is -2.36. The highest BCUT2D eigenvalue weighted by Crippen LogP contribution is 2.23. The number of thiophene rings is 1. The fourth-order valence-corrected chi connectivity index (χ4v) is 3.35. The molecule has 5 nitrogen and oxygen atoms in total. The minimum atomic E-state index is -0.508. The summed E-state index contributed by atoms with van der Waals surface area (Å²) in [7, 11) is 0. The van der Waals surface area contributed by atoms with Crippen molar-refractivity contribution in [1.29, 1.82) is 0 Å². The number of anilines is 1. The molecule has 2 rings (SSSR count). The Bertz CT molecular complexity index is 487. The summed E-state index contributed by atoms with van der Waals surface area (Å²) in [6.07, 6.45) is 2.93. The fraction of sp³-hybridized carbons (Fsp3) is 0.571. The third-order valence-corrected chi connectivity index (χ3v) is 4.41. The van der Waals surface area contributed by atoms with Gasteiger partial charge in [0.05, 0.1) is 5.56 Å². The molecule has 1 saturated heterocycles. The Morgan fingerprint density at radius 3 is 3.05 bits per heavy atom. The van der Waals surface area contributed by atoms with E-state index in [1.54, 1.807) is 11.4 Å². The lowest BCUT2D eigenvalue weighted by Gasteiger charge is -2.30. The Morgan fingerprint density at radius 1 is 1.55 bits per heavy atom. The van der Waals surface area contributed by atoms with Crippen molar-refractivity contribution in [2.75, 3.05) is 25.0 Å². The van der Waals surface area contributed by atoms with Crippen LogP contribution in [0.15, 0.2) is 11.4 Å². The van der Waals surface area contributed by atoms with Gasteiger partial charge in [-0.3, -0.25) is 9.59 Å². The van der Waals surface area contributed by atoms with Gasteiger partial charge in [0.2, 0.25) is 5.91 Å². The van der Waals surface area contributed by atoms with Gasteiger partial charge in [0.15, 0.2) is 0 Å². The molecular weight excluding hydrogens is 274 g/mol. The number of nitrogens with one attached hydrogen (secondary N) is 1. The van der Waals surface area contributed by atoms with Gasteiger partial charge >= 0.3 is 0 Å². The molecule has 1 aromatic rings. The van der Waals surface area contributed by atoms with Crippen molar-refractivity contribution >= 4 is 28.2 Å². The molecule has 0 aliphatic carbocycles. The van der Waals surface area contributed by atoms with E-state index in [0.717, 1.165) is 19.6 Å². The van der Waals surface area contributed by atoms with Crippen LogP contribution in [-0.2, 0) is 4.79 Å². The summed E-state index contributed by atoms with van der Waals surface area (Å²) in [5.74, 6) is 0.144. The second-order valence-electron chi connectivity index (χ2n) is 5.37.